The third kappa shape index (κ3) is 5.07. The van der Waals surface area contributed by atoms with Crippen LogP contribution in [0.1, 0.15) is 58.9 Å². The Labute approximate surface area is 194 Å². The molecule has 0 aliphatic carbocycles. The minimum atomic E-state index is -4.62. The molecule has 1 N–H and O–H groups in total. The van der Waals surface area contributed by atoms with Crippen LogP contribution in [0.3, 0.4) is 0 Å². The number of halogens is 3. The highest BCUT2D eigenvalue weighted by molar-refractivity contribution is 7.89. The van der Waals surface area contributed by atoms with Crippen LogP contribution in [0.4, 0.5) is 13.2 Å². The number of benzene rings is 1. The molecule has 2 saturated heterocycles. The zero-order valence-corrected chi connectivity index (χ0v) is 20.5. The van der Waals surface area contributed by atoms with Crippen LogP contribution in [0.2, 0.25) is 0 Å². The first kappa shape index (κ1) is 26.0. The summed E-state index contributed by atoms with van der Waals surface area (Å²) in [6.07, 6.45) is -2.08. The zero-order valence-electron chi connectivity index (χ0n) is 19.7. The molecule has 1 spiro atoms. The third-order valence-electron chi connectivity index (χ3n) is 7.23. The normalized spacial score (nSPS) is 23.8. The van der Waals surface area contributed by atoms with Crippen LogP contribution in [0, 0.1) is 11.8 Å². The Kier molecular flexibility index (Phi) is 7.51. The highest BCUT2D eigenvalue weighted by atomic mass is 32.2. The molecule has 186 valence electrons. The number of rotatable bonds is 7. The second-order valence-corrected chi connectivity index (χ2v) is 11.4. The van der Waals surface area contributed by atoms with E-state index in [9.17, 15) is 26.4 Å². The predicted octanol–water partition coefficient (Wildman–Crippen LogP) is 4.08. The van der Waals surface area contributed by atoms with E-state index < -0.39 is 27.4 Å². The van der Waals surface area contributed by atoms with Crippen molar-refractivity contribution in [3.05, 3.63) is 29.8 Å². The molecule has 0 unspecified atom stereocenters. The van der Waals surface area contributed by atoms with Crippen LogP contribution < -0.4 is 5.32 Å². The molecule has 2 aliphatic rings. The van der Waals surface area contributed by atoms with Crippen molar-refractivity contribution in [3.63, 3.8) is 0 Å². The van der Waals surface area contributed by atoms with Gasteiger partial charge in [0, 0.05) is 19.6 Å². The Bertz CT molecular complexity index is 959. The van der Waals surface area contributed by atoms with Crippen LogP contribution >= 0.6 is 0 Å². The average molecular weight is 490 g/mol. The van der Waals surface area contributed by atoms with Crippen LogP contribution in [-0.2, 0) is 21.0 Å². The van der Waals surface area contributed by atoms with E-state index in [1.807, 2.05) is 18.7 Å². The fourth-order valence-corrected chi connectivity index (χ4v) is 6.12. The van der Waals surface area contributed by atoms with Crippen molar-refractivity contribution in [1.82, 2.24) is 14.5 Å². The van der Waals surface area contributed by atoms with Crippen LogP contribution in [0.15, 0.2) is 29.2 Å². The summed E-state index contributed by atoms with van der Waals surface area (Å²) >= 11 is 0. The molecule has 6 nitrogen and oxygen atoms in total. The highest BCUT2D eigenvalue weighted by Crippen LogP contribution is 2.37. The Morgan fingerprint density at radius 1 is 1.15 bits per heavy atom. The van der Waals surface area contributed by atoms with Crippen LogP contribution in [0.25, 0.3) is 0 Å². The third-order valence-corrected chi connectivity index (χ3v) is 9.12. The second kappa shape index (κ2) is 9.54. The number of amides is 1. The number of carbonyl (C=O) groups is 1. The van der Waals surface area contributed by atoms with Gasteiger partial charge < -0.3 is 4.90 Å². The molecule has 1 amide bonds. The average Bonchev–Trinajstić information content (AvgIpc) is 3.04. The Hall–Kier alpha value is -1.65. The summed E-state index contributed by atoms with van der Waals surface area (Å²) in [6.45, 7) is 9.07. The van der Waals surface area contributed by atoms with Crippen molar-refractivity contribution >= 4 is 15.9 Å². The lowest BCUT2D eigenvalue weighted by molar-refractivity contribution is -0.137. The maximum atomic E-state index is 13.3. The van der Waals surface area contributed by atoms with Gasteiger partial charge in [-0.3, -0.25) is 10.1 Å². The maximum Gasteiger partial charge on any atom is 0.416 e. The quantitative estimate of drug-likeness (QED) is 0.627. The van der Waals surface area contributed by atoms with Gasteiger partial charge in [-0.15, -0.1) is 0 Å². The summed E-state index contributed by atoms with van der Waals surface area (Å²) in [5.41, 5.74) is -1.62. The Morgan fingerprint density at radius 2 is 1.79 bits per heavy atom. The summed E-state index contributed by atoms with van der Waals surface area (Å²) in [6, 6.07) is 3.54. The molecule has 1 aromatic carbocycles. The SMILES string of the molecule is CC[C@H](C)CN1C(=O)[C@H]([C@H](C)CC)NC12CCN(S(=O)(=O)c1cccc(C(F)(F)F)c1)CC2. The van der Waals surface area contributed by atoms with Gasteiger partial charge in [-0.1, -0.05) is 46.6 Å². The number of carbonyl (C=O) groups excluding carboxylic acids is 1. The van der Waals surface area contributed by atoms with Crippen molar-refractivity contribution < 1.29 is 26.4 Å². The fraction of sp³-hybridized carbons (Fsp3) is 0.696. The predicted molar refractivity (Wildman–Crippen MR) is 120 cm³/mol. The smallest absolute Gasteiger partial charge is 0.323 e. The van der Waals surface area contributed by atoms with E-state index in [0.29, 0.717) is 31.4 Å². The summed E-state index contributed by atoms with van der Waals surface area (Å²) in [4.78, 5) is 14.8. The van der Waals surface area contributed by atoms with Gasteiger partial charge in [0.15, 0.2) is 0 Å². The summed E-state index contributed by atoms with van der Waals surface area (Å²) in [5.74, 6) is 0.497. The Balaban J connectivity index is 1.83. The minimum Gasteiger partial charge on any atom is -0.323 e. The van der Waals surface area contributed by atoms with Gasteiger partial charge in [0.25, 0.3) is 0 Å². The lowest BCUT2D eigenvalue weighted by atomic mass is 9.95. The van der Waals surface area contributed by atoms with E-state index in [1.165, 1.54) is 10.4 Å². The number of hydrogen-bond acceptors (Lipinski definition) is 4. The largest absolute Gasteiger partial charge is 0.416 e. The van der Waals surface area contributed by atoms with E-state index in [1.54, 1.807) is 0 Å². The fourth-order valence-electron chi connectivity index (χ4n) is 4.63. The molecule has 0 saturated carbocycles. The molecule has 2 aliphatic heterocycles. The van der Waals surface area contributed by atoms with Crippen molar-refractivity contribution in [2.75, 3.05) is 19.6 Å². The number of alkyl halides is 3. The molecule has 3 atom stereocenters. The molecule has 0 bridgehead atoms. The van der Waals surface area contributed by atoms with Crippen molar-refractivity contribution in [1.29, 1.82) is 0 Å². The number of sulfonamides is 1. The molecular formula is C23H34F3N3O3S. The van der Waals surface area contributed by atoms with E-state index in [2.05, 4.69) is 19.2 Å². The molecule has 1 aromatic rings. The van der Waals surface area contributed by atoms with E-state index in [4.69, 9.17) is 0 Å². The standard InChI is InChI=1S/C23H34F3N3O3S/c1-5-16(3)15-29-21(30)20(17(4)6-2)27-22(29)10-12-28(13-11-22)33(31,32)19-9-7-8-18(14-19)23(24,25)26/h7-9,14,16-17,20,27H,5-6,10-13,15H2,1-4H3/t16-,17+,20-/m0/s1. The molecule has 3 rings (SSSR count). The molecule has 0 aromatic heterocycles. The monoisotopic (exact) mass is 489 g/mol. The highest BCUT2D eigenvalue weighted by Gasteiger charge is 2.53. The number of nitrogens with zero attached hydrogens (tertiary/aromatic N) is 2. The maximum absolute atomic E-state index is 13.3. The van der Waals surface area contributed by atoms with Gasteiger partial charge in [0.05, 0.1) is 22.2 Å². The van der Waals surface area contributed by atoms with Gasteiger partial charge in [-0.05, 0) is 42.9 Å². The first-order valence-corrected chi connectivity index (χ1v) is 13.1. The topological polar surface area (TPSA) is 69.7 Å². The number of hydrogen-bond donors (Lipinski definition) is 1. The van der Waals surface area contributed by atoms with Gasteiger partial charge >= 0.3 is 6.18 Å². The number of piperidine rings is 1. The minimum absolute atomic E-state index is 0.0545. The lowest BCUT2D eigenvalue weighted by Crippen LogP contribution is -2.60. The summed E-state index contributed by atoms with van der Waals surface area (Å²) in [7, 11) is -4.08. The van der Waals surface area contributed by atoms with Gasteiger partial charge in [0.1, 0.15) is 0 Å². The second-order valence-electron chi connectivity index (χ2n) is 9.43. The van der Waals surface area contributed by atoms with Gasteiger partial charge in [0.2, 0.25) is 15.9 Å². The van der Waals surface area contributed by atoms with Crippen molar-refractivity contribution in [2.24, 2.45) is 11.8 Å². The summed E-state index contributed by atoms with van der Waals surface area (Å²) < 4.78 is 66.7. The summed E-state index contributed by atoms with van der Waals surface area (Å²) in [5, 5.41) is 3.53. The molecular weight excluding hydrogens is 455 g/mol. The molecule has 2 fully saturated rings. The van der Waals surface area contributed by atoms with Gasteiger partial charge in [-0.25, -0.2) is 8.42 Å². The van der Waals surface area contributed by atoms with E-state index in [-0.39, 0.29) is 35.9 Å². The lowest BCUT2D eigenvalue weighted by Gasteiger charge is -2.45. The molecule has 33 heavy (non-hydrogen) atoms. The van der Waals surface area contributed by atoms with Crippen LogP contribution in [-0.4, -0.2) is 54.9 Å². The molecule has 10 heteroatoms. The first-order valence-electron chi connectivity index (χ1n) is 11.6. The van der Waals surface area contributed by atoms with Crippen molar-refractivity contribution in [2.45, 2.75) is 76.2 Å². The van der Waals surface area contributed by atoms with E-state index in [0.717, 1.165) is 25.0 Å². The van der Waals surface area contributed by atoms with Crippen molar-refractivity contribution in [3.8, 4) is 0 Å². The van der Waals surface area contributed by atoms with Crippen LogP contribution in [0.5, 0.6) is 0 Å². The first-order chi connectivity index (χ1) is 15.4. The molecule has 2 heterocycles. The molecule has 0 radical (unpaired) electrons. The zero-order chi connectivity index (χ0) is 24.6. The Morgan fingerprint density at radius 3 is 2.33 bits per heavy atom. The van der Waals surface area contributed by atoms with E-state index >= 15 is 0 Å². The van der Waals surface area contributed by atoms with Gasteiger partial charge in [-0.2, -0.15) is 17.5 Å². The number of nitrogens with one attached hydrogen (secondary N) is 1.